The summed E-state index contributed by atoms with van der Waals surface area (Å²) in [4.78, 5) is 1.33. The molecule has 1 aromatic heterocycles. The molecule has 2 rings (SSSR count). The largest absolute Gasteiger partial charge is 0.378 e. The Labute approximate surface area is 116 Å². The number of anilines is 1. The van der Waals surface area contributed by atoms with E-state index in [0.29, 0.717) is 6.04 Å². The van der Waals surface area contributed by atoms with Crippen LogP contribution in [0.25, 0.3) is 0 Å². The summed E-state index contributed by atoms with van der Waals surface area (Å²) in [6.07, 6.45) is 0. The molecule has 2 aromatic rings. The highest BCUT2D eigenvalue weighted by Crippen LogP contribution is 2.28. The number of nitrogens with one attached hydrogen (secondary N) is 1. The lowest BCUT2D eigenvalue weighted by atomic mass is 10.2. The molecule has 16 heavy (non-hydrogen) atoms. The van der Waals surface area contributed by atoms with Crippen LogP contribution in [0.2, 0.25) is 0 Å². The molecule has 0 bridgehead atoms. The van der Waals surface area contributed by atoms with Crippen LogP contribution in [0.3, 0.4) is 0 Å². The van der Waals surface area contributed by atoms with Gasteiger partial charge < -0.3 is 5.32 Å². The summed E-state index contributed by atoms with van der Waals surface area (Å²) in [5.41, 5.74) is 1.14. The minimum atomic E-state index is 0.331. The summed E-state index contributed by atoms with van der Waals surface area (Å²) >= 11 is 8.66. The van der Waals surface area contributed by atoms with E-state index in [4.69, 9.17) is 0 Å². The van der Waals surface area contributed by atoms with E-state index in [-0.39, 0.29) is 0 Å². The highest BCUT2D eigenvalue weighted by Gasteiger charge is 2.07. The monoisotopic (exact) mass is 359 g/mol. The second-order valence-corrected chi connectivity index (χ2v) is 6.31. The van der Waals surface area contributed by atoms with Crippen molar-refractivity contribution < 1.29 is 0 Å². The first-order valence-corrected chi connectivity index (χ1v) is 7.38. The van der Waals surface area contributed by atoms with Crippen LogP contribution < -0.4 is 5.32 Å². The van der Waals surface area contributed by atoms with Crippen molar-refractivity contribution in [2.45, 2.75) is 13.0 Å². The average molecular weight is 361 g/mol. The predicted octanol–water partition coefficient (Wildman–Crippen LogP) is 5.45. The SMILES string of the molecule is CC(Nc1ccc(Br)cc1)c1cc(Br)cs1. The lowest BCUT2D eigenvalue weighted by Gasteiger charge is -2.13. The number of rotatable bonds is 3. The van der Waals surface area contributed by atoms with Crippen molar-refractivity contribution in [3.05, 3.63) is 49.5 Å². The summed E-state index contributed by atoms with van der Waals surface area (Å²) in [5.74, 6) is 0. The molecule has 0 fully saturated rings. The molecule has 0 amide bonds. The van der Waals surface area contributed by atoms with E-state index in [0.717, 1.165) is 14.6 Å². The molecule has 0 saturated heterocycles. The molecule has 0 aliphatic carbocycles. The molecule has 4 heteroatoms. The van der Waals surface area contributed by atoms with E-state index >= 15 is 0 Å². The van der Waals surface area contributed by atoms with Gasteiger partial charge in [0.1, 0.15) is 0 Å². The molecule has 84 valence electrons. The van der Waals surface area contributed by atoms with Gasteiger partial charge in [-0.1, -0.05) is 15.9 Å². The Kier molecular flexibility index (Phi) is 4.05. The summed E-state index contributed by atoms with van der Waals surface area (Å²) in [6, 6.07) is 10.7. The van der Waals surface area contributed by atoms with Gasteiger partial charge in [-0.3, -0.25) is 0 Å². The maximum atomic E-state index is 3.47. The van der Waals surface area contributed by atoms with Gasteiger partial charge in [-0.05, 0) is 53.2 Å². The topological polar surface area (TPSA) is 12.0 Å². The van der Waals surface area contributed by atoms with Crippen LogP contribution >= 0.6 is 43.2 Å². The highest BCUT2D eigenvalue weighted by molar-refractivity contribution is 9.10. The fourth-order valence-corrected chi connectivity index (χ4v) is 3.14. The van der Waals surface area contributed by atoms with Crippen LogP contribution in [0.5, 0.6) is 0 Å². The zero-order valence-electron chi connectivity index (χ0n) is 8.71. The summed E-state index contributed by atoms with van der Waals surface area (Å²) < 4.78 is 2.25. The Morgan fingerprint density at radius 1 is 1.12 bits per heavy atom. The third-order valence-corrected chi connectivity index (χ3v) is 4.65. The number of hydrogen-bond donors (Lipinski definition) is 1. The number of hydrogen-bond acceptors (Lipinski definition) is 2. The molecule has 1 unspecified atom stereocenters. The molecule has 1 aromatic carbocycles. The van der Waals surface area contributed by atoms with Crippen molar-refractivity contribution in [1.82, 2.24) is 0 Å². The van der Waals surface area contributed by atoms with E-state index in [1.807, 2.05) is 12.1 Å². The fraction of sp³-hybridized carbons (Fsp3) is 0.167. The van der Waals surface area contributed by atoms with Gasteiger partial charge in [0.25, 0.3) is 0 Å². The Morgan fingerprint density at radius 3 is 2.38 bits per heavy atom. The Morgan fingerprint density at radius 2 is 1.81 bits per heavy atom. The molecular weight excluding hydrogens is 350 g/mol. The molecule has 0 aliphatic rings. The quantitative estimate of drug-likeness (QED) is 0.767. The van der Waals surface area contributed by atoms with Gasteiger partial charge >= 0.3 is 0 Å². The first-order chi connectivity index (χ1) is 7.65. The van der Waals surface area contributed by atoms with E-state index in [1.165, 1.54) is 4.88 Å². The van der Waals surface area contributed by atoms with Crippen molar-refractivity contribution >= 4 is 48.9 Å². The van der Waals surface area contributed by atoms with E-state index in [9.17, 15) is 0 Å². The third-order valence-electron chi connectivity index (χ3n) is 2.24. The minimum Gasteiger partial charge on any atom is -0.378 e. The summed E-state index contributed by atoms with van der Waals surface area (Å²) in [7, 11) is 0. The van der Waals surface area contributed by atoms with Crippen molar-refractivity contribution in [2.75, 3.05) is 5.32 Å². The average Bonchev–Trinajstić information content (AvgIpc) is 2.68. The molecule has 0 saturated carbocycles. The van der Waals surface area contributed by atoms with Crippen LogP contribution in [-0.2, 0) is 0 Å². The molecule has 0 spiro atoms. The normalized spacial score (nSPS) is 12.4. The highest BCUT2D eigenvalue weighted by atomic mass is 79.9. The summed E-state index contributed by atoms with van der Waals surface area (Å²) in [6.45, 7) is 2.17. The molecule has 0 radical (unpaired) electrons. The van der Waals surface area contributed by atoms with Crippen molar-refractivity contribution in [1.29, 1.82) is 0 Å². The second kappa shape index (κ2) is 5.34. The van der Waals surface area contributed by atoms with Crippen LogP contribution in [0.15, 0.2) is 44.7 Å². The zero-order chi connectivity index (χ0) is 11.5. The Hall–Kier alpha value is -0.320. The first kappa shape index (κ1) is 12.1. The van der Waals surface area contributed by atoms with Gasteiger partial charge in [-0.2, -0.15) is 0 Å². The standard InChI is InChI=1S/C12H11Br2NS/c1-8(12-6-10(14)7-16-12)15-11-4-2-9(13)3-5-11/h2-8,15H,1H3. The molecule has 1 N–H and O–H groups in total. The van der Waals surface area contributed by atoms with Crippen LogP contribution in [0, 0.1) is 0 Å². The zero-order valence-corrected chi connectivity index (χ0v) is 12.7. The van der Waals surface area contributed by atoms with Gasteiger partial charge in [-0.15, -0.1) is 11.3 Å². The van der Waals surface area contributed by atoms with E-state index in [2.05, 4.69) is 67.7 Å². The van der Waals surface area contributed by atoms with E-state index in [1.54, 1.807) is 11.3 Å². The maximum Gasteiger partial charge on any atom is 0.0578 e. The smallest absolute Gasteiger partial charge is 0.0578 e. The molecule has 1 nitrogen and oxygen atoms in total. The molecule has 0 aliphatic heterocycles. The molecule has 1 heterocycles. The van der Waals surface area contributed by atoms with Crippen molar-refractivity contribution in [3.63, 3.8) is 0 Å². The van der Waals surface area contributed by atoms with Crippen molar-refractivity contribution in [3.8, 4) is 0 Å². The fourth-order valence-electron chi connectivity index (χ4n) is 1.42. The van der Waals surface area contributed by atoms with E-state index < -0.39 is 0 Å². The predicted molar refractivity (Wildman–Crippen MR) is 78.2 cm³/mol. The lowest BCUT2D eigenvalue weighted by molar-refractivity contribution is 0.907. The third kappa shape index (κ3) is 3.09. The molecule has 1 atom stereocenters. The van der Waals surface area contributed by atoms with Gasteiger partial charge in [0, 0.05) is 24.9 Å². The second-order valence-electron chi connectivity index (χ2n) is 3.54. The van der Waals surface area contributed by atoms with Gasteiger partial charge in [0.15, 0.2) is 0 Å². The van der Waals surface area contributed by atoms with Crippen LogP contribution in [0.4, 0.5) is 5.69 Å². The van der Waals surface area contributed by atoms with Gasteiger partial charge in [0.05, 0.1) is 6.04 Å². The van der Waals surface area contributed by atoms with Gasteiger partial charge in [-0.25, -0.2) is 0 Å². The van der Waals surface area contributed by atoms with Crippen molar-refractivity contribution in [2.24, 2.45) is 0 Å². The summed E-state index contributed by atoms with van der Waals surface area (Å²) in [5, 5.41) is 5.57. The maximum absolute atomic E-state index is 3.47. The van der Waals surface area contributed by atoms with Crippen LogP contribution in [-0.4, -0.2) is 0 Å². The van der Waals surface area contributed by atoms with Crippen LogP contribution in [0.1, 0.15) is 17.8 Å². The Balaban J connectivity index is 2.07. The number of benzene rings is 1. The number of halogens is 2. The molecular formula is C12H11Br2NS. The lowest BCUT2D eigenvalue weighted by Crippen LogP contribution is -2.04. The minimum absolute atomic E-state index is 0.331. The van der Waals surface area contributed by atoms with Gasteiger partial charge in [0.2, 0.25) is 0 Å². The Bertz CT molecular complexity index is 464. The number of thiophene rings is 1. The first-order valence-electron chi connectivity index (χ1n) is 4.91.